The van der Waals surface area contributed by atoms with E-state index >= 15 is 0 Å². The zero-order chi connectivity index (χ0) is 26.3. The second-order valence-corrected chi connectivity index (χ2v) is 10.8. The van der Waals surface area contributed by atoms with Crippen LogP contribution in [-0.4, -0.2) is 63.3 Å². The highest BCUT2D eigenvalue weighted by molar-refractivity contribution is 6.08. The summed E-state index contributed by atoms with van der Waals surface area (Å²) in [5.41, 5.74) is 2.00. The van der Waals surface area contributed by atoms with Gasteiger partial charge < -0.3 is 30.2 Å². The van der Waals surface area contributed by atoms with Gasteiger partial charge in [-0.15, -0.1) is 0 Å². The summed E-state index contributed by atoms with van der Waals surface area (Å²) >= 11 is 0. The predicted octanol–water partition coefficient (Wildman–Crippen LogP) is 3.10. The molecule has 0 atom stereocenters. The smallest absolute Gasteiger partial charge is 0.255 e. The molecule has 0 spiro atoms. The molecule has 3 aliphatic carbocycles. The zero-order valence-electron chi connectivity index (χ0n) is 21.5. The second-order valence-electron chi connectivity index (χ2n) is 10.8. The van der Waals surface area contributed by atoms with Crippen molar-refractivity contribution >= 4 is 22.8 Å². The number of aromatic nitrogens is 3. The number of nitrogens with zero attached hydrogens (tertiary/aromatic N) is 2. The van der Waals surface area contributed by atoms with Crippen LogP contribution >= 0.6 is 0 Å². The van der Waals surface area contributed by atoms with Crippen LogP contribution < -0.4 is 20.1 Å². The van der Waals surface area contributed by atoms with Crippen LogP contribution in [0.15, 0.2) is 30.7 Å². The Labute approximate surface area is 220 Å². The van der Waals surface area contributed by atoms with Gasteiger partial charge in [0.15, 0.2) is 0 Å². The van der Waals surface area contributed by atoms with Crippen molar-refractivity contribution in [3.63, 3.8) is 0 Å². The highest BCUT2D eigenvalue weighted by Crippen LogP contribution is 2.38. The molecule has 1 aromatic carbocycles. The first-order valence-electron chi connectivity index (χ1n) is 13.4. The van der Waals surface area contributed by atoms with E-state index in [0.717, 1.165) is 31.2 Å². The minimum atomic E-state index is -1.16. The summed E-state index contributed by atoms with van der Waals surface area (Å²) in [6, 6.07) is 5.70. The first-order valence-corrected chi connectivity index (χ1v) is 13.4. The molecule has 3 aromatic rings. The van der Waals surface area contributed by atoms with E-state index in [9.17, 15) is 14.7 Å². The van der Waals surface area contributed by atoms with Crippen LogP contribution in [0.5, 0.6) is 11.5 Å². The maximum Gasteiger partial charge on any atom is 0.255 e. The molecule has 0 saturated heterocycles. The Hall–Kier alpha value is -3.66. The molecule has 0 unspecified atom stereocenters. The van der Waals surface area contributed by atoms with Gasteiger partial charge in [0.2, 0.25) is 0 Å². The van der Waals surface area contributed by atoms with Crippen molar-refractivity contribution in [3.05, 3.63) is 36.3 Å². The van der Waals surface area contributed by atoms with Crippen LogP contribution in [0, 0.1) is 5.92 Å². The molecular weight excluding hydrogens is 486 g/mol. The maximum absolute atomic E-state index is 13.2. The van der Waals surface area contributed by atoms with Crippen molar-refractivity contribution in [3.8, 4) is 22.8 Å². The van der Waals surface area contributed by atoms with Crippen LogP contribution in [0.3, 0.4) is 0 Å². The number of ether oxygens (including phenoxy) is 2. The van der Waals surface area contributed by atoms with E-state index in [1.54, 1.807) is 13.3 Å². The first kappa shape index (κ1) is 24.7. The number of hydrogen-bond donors (Lipinski definition) is 4. The lowest BCUT2D eigenvalue weighted by Gasteiger charge is -2.30. The van der Waals surface area contributed by atoms with Crippen LogP contribution in [0.25, 0.3) is 22.3 Å². The number of rotatable bonds is 9. The maximum atomic E-state index is 13.2. The molecule has 2 aromatic heterocycles. The Morgan fingerprint density at radius 1 is 1.08 bits per heavy atom. The average Bonchev–Trinajstić information content (AvgIpc) is 3.86. The molecule has 3 fully saturated rings. The molecule has 6 rings (SSSR count). The number of hydrogen-bond acceptors (Lipinski definition) is 7. The molecule has 200 valence electrons. The van der Waals surface area contributed by atoms with Crippen molar-refractivity contribution in [1.29, 1.82) is 0 Å². The van der Waals surface area contributed by atoms with Crippen molar-refractivity contribution in [2.45, 2.75) is 69.1 Å². The Bertz CT molecular complexity index is 1350. The SMILES string of the molecule is COc1ccc(-c2ncnc3c(C(=O)N[C@H]4CC[C@@H](NC(=O)C5(O)CC5)CC4)c[nH]c23)c(OCC2CC2)c1. The van der Waals surface area contributed by atoms with E-state index in [0.29, 0.717) is 59.2 Å². The number of carbonyl (C=O) groups is 2. The molecule has 0 radical (unpaired) electrons. The third-order valence-corrected chi connectivity index (χ3v) is 7.87. The van der Waals surface area contributed by atoms with E-state index in [4.69, 9.17) is 9.47 Å². The van der Waals surface area contributed by atoms with Crippen LogP contribution in [0.1, 0.15) is 61.7 Å². The third-order valence-electron chi connectivity index (χ3n) is 7.87. The average molecular weight is 520 g/mol. The fourth-order valence-corrected chi connectivity index (χ4v) is 5.06. The number of nitrogens with one attached hydrogen (secondary N) is 3. The third kappa shape index (κ3) is 5.05. The van der Waals surface area contributed by atoms with Gasteiger partial charge in [0.1, 0.15) is 34.6 Å². The summed E-state index contributed by atoms with van der Waals surface area (Å²) in [5, 5.41) is 16.1. The molecule has 10 nitrogen and oxygen atoms in total. The fraction of sp³-hybridized carbons (Fsp3) is 0.500. The monoisotopic (exact) mass is 519 g/mol. The van der Waals surface area contributed by atoms with E-state index in [1.807, 2.05) is 18.2 Å². The summed E-state index contributed by atoms with van der Waals surface area (Å²) in [5.74, 6) is 1.53. The summed E-state index contributed by atoms with van der Waals surface area (Å²) in [7, 11) is 1.62. The van der Waals surface area contributed by atoms with Crippen LogP contribution in [0.2, 0.25) is 0 Å². The lowest BCUT2D eigenvalue weighted by Crippen LogP contribution is -2.47. The first-order chi connectivity index (χ1) is 18.4. The second kappa shape index (κ2) is 9.90. The molecule has 3 saturated carbocycles. The topological polar surface area (TPSA) is 138 Å². The molecule has 0 aliphatic heterocycles. The van der Waals surface area contributed by atoms with Gasteiger partial charge in [-0.3, -0.25) is 9.59 Å². The lowest BCUT2D eigenvalue weighted by atomic mass is 9.90. The Kier molecular flexibility index (Phi) is 6.43. The minimum absolute atomic E-state index is 0.00920. The summed E-state index contributed by atoms with van der Waals surface area (Å²) < 4.78 is 11.5. The minimum Gasteiger partial charge on any atom is -0.497 e. The molecule has 2 heterocycles. The summed E-state index contributed by atoms with van der Waals surface area (Å²) in [4.78, 5) is 37.5. The van der Waals surface area contributed by atoms with Gasteiger partial charge in [0.25, 0.3) is 11.8 Å². The fourth-order valence-electron chi connectivity index (χ4n) is 5.06. The highest BCUT2D eigenvalue weighted by atomic mass is 16.5. The molecule has 4 N–H and O–H groups in total. The number of aliphatic hydroxyl groups is 1. The van der Waals surface area contributed by atoms with Gasteiger partial charge in [0.05, 0.1) is 24.8 Å². The Morgan fingerprint density at radius 2 is 1.82 bits per heavy atom. The van der Waals surface area contributed by atoms with Gasteiger partial charge >= 0.3 is 0 Å². The van der Waals surface area contributed by atoms with Gasteiger partial charge in [-0.2, -0.15) is 0 Å². The van der Waals surface area contributed by atoms with E-state index < -0.39 is 5.60 Å². The molecular formula is C28H33N5O5. The van der Waals surface area contributed by atoms with Gasteiger partial charge in [-0.05, 0) is 69.4 Å². The number of amides is 2. The van der Waals surface area contributed by atoms with E-state index in [2.05, 4.69) is 25.6 Å². The van der Waals surface area contributed by atoms with Crippen molar-refractivity contribution in [2.24, 2.45) is 5.92 Å². The number of H-pyrrole nitrogens is 1. The Balaban J connectivity index is 1.16. The van der Waals surface area contributed by atoms with Crippen LogP contribution in [0.4, 0.5) is 0 Å². The van der Waals surface area contributed by atoms with Gasteiger partial charge in [-0.25, -0.2) is 9.97 Å². The number of aromatic amines is 1. The van der Waals surface area contributed by atoms with Crippen molar-refractivity contribution in [1.82, 2.24) is 25.6 Å². The molecule has 10 heteroatoms. The number of methoxy groups -OCH3 is 1. The summed E-state index contributed by atoms with van der Waals surface area (Å²) in [6.45, 7) is 0.652. The normalized spacial score (nSPS) is 22.1. The quantitative estimate of drug-likeness (QED) is 0.341. The van der Waals surface area contributed by atoms with Crippen molar-refractivity contribution < 1.29 is 24.2 Å². The summed E-state index contributed by atoms with van der Waals surface area (Å²) in [6.07, 6.45) is 9.62. The number of benzene rings is 1. The largest absolute Gasteiger partial charge is 0.497 e. The molecule has 2 amide bonds. The number of carbonyl (C=O) groups excluding carboxylic acids is 2. The van der Waals surface area contributed by atoms with E-state index in [1.165, 1.54) is 19.2 Å². The Morgan fingerprint density at radius 3 is 2.50 bits per heavy atom. The van der Waals surface area contributed by atoms with Crippen molar-refractivity contribution in [2.75, 3.05) is 13.7 Å². The van der Waals surface area contributed by atoms with Crippen LogP contribution in [-0.2, 0) is 4.79 Å². The van der Waals surface area contributed by atoms with Gasteiger partial charge in [-0.1, -0.05) is 0 Å². The lowest BCUT2D eigenvalue weighted by molar-refractivity contribution is -0.132. The molecule has 38 heavy (non-hydrogen) atoms. The molecule has 0 bridgehead atoms. The molecule has 3 aliphatic rings. The van der Waals surface area contributed by atoms with E-state index in [-0.39, 0.29) is 23.9 Å². The zero-order valence-corrected chi connectivity index (χ0v) is 21.5. The number of fused-ring (bicyclic) bond motifs is 1. The predicted molar refractivity (Wildman–Crippen MR) is 140 cm³/mol. The van der Waals surface area contributed by atoms with Gasteiger partial charge in [0, 0.05) is 29.9 Å². The highest BCUT2D eigenvalue weighted by Gasteiger charge is 2.48. The standard InChI is InChI=1S/C28H33N5O5/c1-37-19-8-9-20(22(12-19)38-14-16-2-3-16)23-25-24(31-15-30-23)21(13-29-25)26(34)32-17-4-6-18(7-5-17)33-27(35)28(36)10-11-28/h8-9,12-13,15-18,29,36H,2-7,10-11,14H2,1H3,(H,32,34)(H,33,35)/t17-,18+.